The molecule has 0 amide bonds. The molecule has 0 rings (SSSR count). The molecule has 0 fully saturated rings. The highest BCUT2D eigenvalue weighted by atomic mass is 127. The molecule has 2 N–H and O–H groups in total. The number of likely N-dealkylation sites (N-methyl/N-ethyl adjacent to an activating group) is 1. The second-order valence-corrected chi connectivity index (χ2v) is 5.04. The van der Waals surface area contributed by atoms with E-state index < -0.39 is 5.60 Å². The Morgan fingerprint density at radius 2 is 2.40 bits per heavy atom. The van der Waals surface area contributed by atoms with Gasteiger partial charge in [0.15, 0.2) is 7.00 Å². The van der Waals surface area contributed by atoms with E-state index in [1.807, 2.05) is 14.0 Å². The monoisotopic (exact) mass is 272 g/mol. The van der Waals surface area contributed by atoms with Crippen molar-refractivity contribution in [1.29, 1.82) is 0 Å². The summed E-state index contributed by atoms with van der Waals surface area (Å²) in [6.07, 6.45) is 1.57. The summed E-state index contributed by atoms with van der Waals surface area (Å²) < 4.78 is 0. The van der Waals surface area contributed by atoms with Crippen LogP contribution in [-0.4, -0.2) is 31.3 Å². The first kappa shape index (κ1) is 11.1. The van der Waals surface area contributed by atoms with Crippen LogP contribution in [0.15, 0.2) is 0 Å². The molecular formula is C5H13BINOP. The molecule has 59 valence electrons. The minimum absolute atomic E-state index is 0.563. The summed E-state index contributed by atoms with van der Waals surface area (Å²) in [4.78, 5) is 0. The summed E-state index contributed by atoms with van der Waals surface area (Å²) in [7, 11) is 1.85. The summed E-state index contributed by atoms with van der Waals surface area (Å²) in [6.45, 7) is 4.61. The molecular weight excluding hydrogens is 259 g/mol. The first-order chi connectivity index (χ1) is 4.62. The minimum atomic E-state index is -0.563. The van der Waals surface area contributed by atoms with Crippen molar-refractivity contribution >= 4 is 35.1 Å². The van der Waals surface area contributed by atoms with E-state index in [4.69, 9.17) is 0 Å². The quantitative estimate of drug-likeness (QED) is 0.445. The molecule has 10 heavy (non-hydrogen) atoms. The Balaban J connectivity index is 3.42. The second kappa shape index (κ2) is 5.75. The van der Waals surface area contributed by atoms with Gasteiger partial charge in [0, 0.05) is 6.54 Å². The molecule has 2 unspecified atom stereocenters. The fourth-order valence-electron chi connectivity index (χ4n) is 0.711. The molecule has 0 aliphatic carbocycles. The number of aliphatic hydroxyl groups is 1. The van der Waals surface area contributed by atoms with Gasteiger partial charge in [-0.15, -0.1) is 0 Å². The lowest BCUT2D eigenvalue weighted by Gasteiger charge is -2.21. The fraction of sp³-hybridized carbons (Fsp3) is 1.00. The highest BCUT2D eigenvalue weighted by Gasteiger charge is 2.17. The SMILES string of the molecule is CNCC(C)(O)C[B]PI. The third-order valence-electron chi connectivity index (χ3n) is 1.18. The Bertz CT molecular complexity index is 93.7. The summed E-state index contributed by atoms with van der Waals surface area (Å²) in [6, 6.07) is 0. The van der Waals surface area contributed by atoms with Gasteiger partial charge in [-0.05, 0) is 20.3 Å². The maximum absolute atomic E-state index is 9.55. The van der Waals surface area contributed by atoms with E-state index in [2.05, 4.69) is 34.4 Å². The molecule has 2 nitrogen and oxygen atoms in total. The third-order valence-corrected chi connectivity index (χ3v) is 2.86. The van der Waals surface area contributed by atoms with E-state index in [1.165, 1.54) is 0 Å². The number of nitrogens with one attached hydrogen (secondary N) is 1. The van der Waals surface area contributed by atoms with Crippen LogP contribution in [0, 0.1) is 0 Å². The number of hydrogen-bond acceptors (Lipinski definition) is 2. The van der Waals surface area contributed by atoms with Crippen molar-refractivity contribution in [2.75, 3.05) is 13.6 Å². The van der Waals surface area contributed by atoms with Gasteiger partial charge < -0.3 is 10.4 Å². The Hall–Kier alpha value is 1.14. The van der Waals surface area contributed by atoms with Crippen molar-refractivity contribution in [2.45, 2.75) is 18.8 Å². The molecule has 0 saturated heterocycles. The lowest BCUT2D eigenvalue weighted by atomic mass is 9.87. The van der Waals surface area contributed by atoms with Gasteiger partial charge in [0.05, 0.1) is 5.60 Å². The van der Waals surface area contributed by atoms with Crippen LogP contribution in [0.1, 0.15) is 6.92 Å². The van der Waals surface area contributed by atoms with Crippen molar-refractivity contribution in [3.8, 4) is 0 Å². The lowest BCUT2D eigenvalue weighted by molar-refractivity contribution is 0.0825. The third kappa shape index (κ3) is 5.89. The van der Waals surface area contributed by atoms with Gasteiger partial charge in [-0.3, -0.25) is 0 Å². The molecule has 0 spiro atoms. The molecule has 0 bridgehead atoms. The summed E-state index contributed by atoms with van der Waals surface area (Å²) in [5, 5.41) is 12.5. The maximum Gasteiger partial charge on any atom is 0.159 e. The predicted octanol–water partition coefficient (Wildman–Crippen LogP) is 1.02. The van der Waals surface area contributed by atoms with Crippen LogP contribution in [0.2, 0.25) is 6.32 Å². The largest absolute Gasteiger partial charge is 0.390 e. The van der Waals surface area contributed by atoms with Gasteiger partial charge in [0.2, 0.25) is 0 Å². The number of rotatable bonds is 5. The molecule has 0 aromatic heterocycles. The molecule has 5 heteroatoms. The van der Waals surface area contributed by atoms with E-state index in [-0.39, 0.29) is 0 Å². The van der Waals surface area contributed by atoms with Crippen LogP contribution in [0.4, 0.5) is 0 Å². The minimum Gasteiger partial charge on any atom is -0.390 e. The van der Waals surface area contributed by atoms with Crippen molar-refractivity contribution in [2.24, 2.45) is 0 Å². The summed E-state index contributed by atoms with van der Waals surface area (Å²) in [5.41, 5.74) is -0.563. The standard InChI is InChI=1S/C5H13BINOP/c1-5(9,4-8-2)3-6-10-7/h8-10H,3-4H2,1-2H3. The van der Waals surface area contributed by atoms with Crippen molar-refractivity contribution < 1.29 is 5.11 Å². The number of hydrogen-bond donors (Lipinski definition) is 2. The highest BCUT2D eigenvalue weighted by molar-refractivity contribution is 14.2. The fourth-order valence-corrected chi connectivity index (χ4v) is 1.89. The zero-order valence-corrected chi connectivity index (χ0v) is 9.47. The van der Waals surface area contributed by atoms with Crippen LogP contribution in [0.5, 0.6) is 0 Å². The van der Waals surface area contributed by atoms with Crippen molar-refractivity contribution in [3.05, 3.63) is 0 Å². The van der Waals surface area contributed by atoms with Gasteiger partial charge in [-0.2, -0.15) is 0 Å². The highest BCUT2D eigenvalue weighted by Crippen LogP contribution is 2.22. The lowest BCUT2D eigenvalue weighted by Crippen LogP contribution is -2.36. The van der Waals surface area contributed by atoms with E-state index >= 15 is 0 Å². The van der Waals surface area contributed by atoms with Gasteiger partial charge in [-0.25, -0.2) is 0 Å². The van der Waals surface area contributed by atoms with Crippen LogP contribution < -0.4 is 5.32 Å². The molecule has 0 aromatic rings. The number of halogens is 1. The normalized spacial score (nSPS) is 17.6. The first-order valence-electron chi connectivity index (χ1n) is 3.17. The zero-order valence-electron chi connectivity index (χ0n) is 6.32. The Labute approximate surface area is 78.0 Å². The van der Waals surface area contributed by atoms with Gasteiger partial charge >= 0.3 is 0 Å². The topological polar surface area (TPSA) is 32.3 Å². The van der Waals surface area contributed by atoms with Crippen molar-refractivity contribution in [1.82, 2.24) is 5.32 Å². The Morgan fingerprint density at radius 1 is 1.80 bits per heavy atom. The first-order valence-corrected chi connectivity index (χ1v) is 7.36. The smallest absolute Gasteiger partial charge is 0.159 e. The van der Waals surface area contributed by atoms with Gasteiger partial charge in [0.1, 0.15) is 0 Å². The Kier molecular flexibility index (Phi) is 6.41. The summed E-state index contributed by atoms with van der Waals surface area (Å²) >= 11 is 2.30. The van der Waals surface area contributed by atoms with Crippen LogP contribution in [0.3, 0.4) is 0 Å². The molecule has 0 heterocycles. The molecule has 1 radical (unpaired) electrons. The predicted molar refractivity (Wildman–Crippen MR) is 57.4 cm³/mol. The van der Waals surface area contributed by atoms with Crippen molar-refractivity contribution in [3.63, 3.8) is 0 Å². The van der Waals surface area contributed by atoms with Crippen LogP contribution >= 0.6 is 28.1 Å². The molecule has 2 atom stereocenters. The molecule has 0 aliphatic rings. The van der Waals surface area contributed by atoms with Gasteiger partial charge in [-0.1, -0.05) is 28.1 Å². The average molecular weight is 272 g/mol. The molecule has 0 aliphatic heterocycles. The van der Waals surface area contributed by atoms with E-state index in [1.54, 1.807) is 0 Å². The average Bonchev–Trinajstić information content (AvgIpc) is 1.84. The zero-order chi connectivity index (χ0) is 8.04. The van der Waals surface area contributed by atoms with Gasteiger partial charge in [0.25, 0.3) is 0 Å². The molecule has 0 saturated carbocycles. The maximum atomic E-state index is 9.55. The second-order valence-electron chi connectivity index (χ2n) is 2.54. The molecule has 0 aromatic carbocycles. The van der Waals surface area contributed by atoms with Crippen LogP contribution in [0.25, 0.3) is 0 Å². The van der Waals surface area contributed by atoms with Crippen LogP contribution in [-0.2, 0) is 0 Å². The summed E-state index contributed by atoms with van der Waals surface area (Å²) in [5.74, 6) is 0. The van der Waals surface area contributed by atoms with E-state index in [9.17, 15) is 5.11 Å². The Morgan fingerprint density at radius 3 is 2.80 bits per heavy atom. The van der Waals surface area contributed by atoms with E-state index in [0.29, 0.717) is 6.54 Å². The van der Waals surface area contributed by atoms with E-state index in [0.717, 1.165) is 12.4 Å².